The minimum Gasteiger partial charge on any atom is -0.478 e. The van der Waals surface area contributed by atoms with E-state index >= 15 is 0 Å². The summed E-state index contributed by atoms with van der Waals surface area (Å²) in [6.07, 6.45) is 5.29. The van der Waals surface area contributed by atoms with E-state index < -0.39 is 5.97 Å². The number of hydrogen-bond donors (Lipinski definition) is 2. The number of hydrogen-bond acceptors (Lipinski definition) is 3. The molecule has 6 heteroatoms. The van der Waals surface area contributed by atoms with Gasteiger partial charge in [-0.2, -0.15) is 0 Å². The monoisotopic (exact) mass is 407 g/mol. The van der Waals surface area contributed by atoms with Crippen LogP contribution in [0.3, 0.4) is 0 Å². The molecule has 3 saturated heterocycles. The maximum Gasteiger partial charge on any atom is 0.336 e. The number of carboxylic acid groups (broad SMARTS) is 1. The van der Waals surface area contributed by atoms with Gasteiger partial charge < -0.3 is 19.9 Å². The molecule has 156 valence electrons. The van der Waals surface area contributed by atoms with Gasteiger partial charge in [-0.1, -0.05) is 6.07 Å². The van der Waals surface area contributed by atoms with Crippen molar-refractivity contribution in [3.8, 4) is 5.69 Å². The fourth-order valence-corrected chi connectivity index (χ4v) is 5.14. The molecule has 0 saturated carbocycles. The van der Waals surface area contributed by atoms with E-state index in [4.69, 9.17) is 0 Å². The average molecular weight is 407 g/mol. The molecule has 5 nitrogen and oxygen atoms in total. The minimum absolute atomic E-state index is 0.289. The summed E-state index contributed by atoms with van der Waals surface area (Å²) in [6, 6.07) is 12.2. The number of benzene rings is 2. The Labute approximate surface area is 175 Å². The van der Waals surface area contributed by atoms with E-state index in [0.717, 1.165) is 47.6 Å². The van der Waals surface area contributed by atoms with Crippen LogP contribution in [0.15, 0.2) is 48.7 Å². The Morgan fingerprint density at radius 3 is 2.57 bits per heavy atom. The van der Waals surface area contributed by atoms with Gasteiger partial charge >= 0.3 is 5.97 Å². The van der Waals surface area contributed by atoms with Crippen molar-refractivity contribution in [3.63, 3.8) is 0 Å². The van der Waals surface area contributed by atoms with E-state index in [1.807, 2.05) is 16.8 Å². The van der Waals surface area contributed by atoms with Crippen molar-refractivity contribution < 1.29 is 14.3 Å². The lowest BCUT2D eigenvalue weighted by atomic mass is 9.84. The largest absolute Gasteiger partial charge is 0.478 e. The number of fused-ring (bicyclic) bond motifs is 4. The molecule has 2 bridgehead atoms. The molecule has 1 unspecified atom stereocenters. The van der Waals surface area contributed by atoms with Crippen molar-refractivity contribution in [2.24, 2.45) is 5.92 Å². The lowest BCUT2D eigenvalue weighted by molar-refractivity contribution is 0.0699. The predicted molar refractivity (Wildman–Crippen MR) is 115 cm³/mol. The van der Waals surface area contributed by atoms with Gasteiger partial charge in [-0.05, 0) is 86.8 Å². The van der Waals surface area contributed by atoms with Gasteiger partial charge in [0.1, 0.15) is 5.82 Å². The Morgan fingerprint density at radius 2 is 1.90 bits per heavy atom. The van der Waals surface area contributed by atoms with Crippen molar-refractivity contribution in [2.45, 2.75) is 25.3 Å². The van der Waals surface area contributed by atoms with Gasteiger partial charge in [0, 0.05) is 29.9 Å². The third kappa shape index (κ3) is 3.50. The zero-order valence-electron chi connectivity index (χ0n) is 16.9. The lowest BCUT2D eigenvalue weighted by Crippen LogP contribution is -2.56. The molecule has 0 spiro atoms. The maximum atomic E-state index is 13.4. The number of piperidine rings is 3. The molecule has 3 aromatic rings. The summed E-state index contributed by atoms with van der Waals surface area (Å²) in [5, 5.41) is 14.2. The highest BCUT2D eigenvalue weighted by Crippen LogP contribution is 2.30. The van der Waals surface area contributed by atoms with Crippen LogP contribution in [0, 0.1) is 11.7 Å². The van der Waals surface area contributed by atoms with E-state index in [1.165, 1.54) is 38.1 Å². The number of aromatic carboxylic acids is 1. The van der Waals surface area contributed by atoms with Crippen LogP contribution in [-0.2, 0) is 6.42 Å². The molecule has 0 amide bonds. The number of nitrogens with one attached hydrogen (secondary N) is 1. The standard InChI is InChI=1S/C24H26FN3O2/c25-18-4-6-19(7-5-18)28-14-17(23-20(24(29)30)2-1-3-22(23)28)8-11-26-21-15-27-12-9-16(21)10-13-27/h1-7,14,16,21,26H,8-13,15H2,(H,29,30). The van der Waals surface area contributed by atoms with Crippen LogP contribution in [0.2, 0.25) is 0 Å². The molecule has 0 aliphatic carbocycles. The van der Waals surface area contributed by atoms with Crippen LogP contribution < -0.4 is 5.32 Å². The van der Waals surface area contributed by atoms with Crippen LogP contribution in [0.25, 0.3) is 16.6 Å². The molecule has 3 fully saturated rings. The second-order valence-corrected chi connectivity index (χ2v) is 8.45. The molecule has 1 aromatic heterocycles. The third-order valence-electron chi connectivity index (χ3n) is 6.70. The summed E-state index contributed by atoms with van der Waals surface area (Å²) >= 11 is 0. The smallest absolute Gasteiger partial charge is 0.336 e. The number of halogens is 1. The highest BCUT2D eigenvalue weighted by atomic mass is 19.1. The minimum atomic E-state index is -0.927. The Morgan fingerprint density at radius 1 is 1.13 bits per heavy atom. The van der Waals surface area contributed by atoms with Crippen LogP contribution in [0.5, 0.6) is 0 Å². The molecule has 0 radical (unpaired) electrons. The SMILES string of the molecule is O=C(O)c1cccc2c1c(CCNC1CN3CCC1CC3)cn2-c1ccc(F)cc1. The normalized spacial score (nSPS) is 23.2. The maximum absolute atomic E-state index is 13.4. The first-order valence-electron chi connectivity index (χ1n) is 10.7. The zero-order valence-corrected chi connectivity index (χ0v) is 16.9. The summed E-state index contributed by atoms with van der Waals surface area (Å²) in [5.74, 6) is -0.461. The van der Waals surface area contributed by atoms with Crippen molar-refractivity contribution in [1.29, 1.82) is 0 Å². The lowest BCUT2D eigenvalue weighted by Gasteiger charge is -2.45. The van der Waals surface area contributed by atoms with Crippen molar-refractivity contribution in [1.82, 2.24) is 14.8 Å². The Bertz CT molecular complexity index is 1070. The second-order valence-electron chi connectivity index (χ2n) is 8.45. The Hall–Kier alpha value is -2.70. The highest BCUT2D eigenvalue weighted by Gasteiger charge is 2.33. The van der Waals surface area contributed by atoms with Crippen LogP contribution >= 0.6 is 0 Å². The molecule has 2 N–H and O–H groups in total. The van der Waals surface area contributed by atoms with Gasteiger partial charge in [0.05, 0.1) is 11.1 Å². The molecular weight excluding hydrogens is 381 g/mol. The first-order chi connectivity index (χ1) is 14.6. The van der Waals surface area contributed by atoms with Crippen molar-refractivity contribution in [3.05, 3.63) is 65.6 Å². The Balaban J connectivity index is 1.44. The van der Waals surface area contributed by atoms with Gasteiger partial charge in [0.2, 0.25) is 0 Å². The third-order valence-corrected chi connectivity index (χ3v) is 6.70. The van der Waals surface area contributed by atoms with Gasteiger partial charge in [0.25, 0.3) is 0 Å². The van der Waals surface area contributed by atoms with Crippen molar-refractivity contribution in [2.75, 3.05) is 26.2 Å². The van der Waals surface area contributed by atoms with E-state index in [-0.39, 0.29) is 5.82 Å². The Kier molecular flexibility index (Phi) is 5.05. The quantitative estimate of drug-likeness (QED) is 0.654. The van der Waals surface area contributed by atoms with Crippen LogP contribution in [0.4, 0.5) is 4.39 Å². The summed E-state index contributed by atoms with van der Waals surface area (Å²) in [7, 11) is 0. The van der Waals surface area contributed by atoms with Crippen molar-refractivity contribution >= 4 is 16.9 Å². The van der Waals surface area contributed by atoms with Crippen LogP contribution in [0.1, 0.15) is 28.8 Å². The molecule has 30 heavy (non-hydrogen) atoms. The molecular formula is C24H26FN3O2. The summed E-state index contributed by atoms with van der Waals surface area (Å²) in [5.41, 5.74) is 2.96. The summed E-state index contributed by atoms with van der Waals surface area (Å²) in [6.45, 7) is 4.36. The molecule has 6 rings (SSSR count). The average Bonchev–Trinajstić information content (AvgIpc) is 3.14. The van der Waals surface area contributed by atoms with Crippen LogP contribution in [-0.4, -0.2) is 52.8 Å². The van der Waals surface area contributed by atoms with Gasteiger partial charge in [-0.3, -0.25) is 0 Å². The number of carboxylic acids is 1. The number of aromatic nitrogens is 1. The highest BCUT2D eigenvalue weighted by molar-refractivity contribution is 6.05. The van der Waals surface area contributed by atoms with Gasteiger partial charge in [-0.15, -0.1) is 0 Å². The molecule has 3 aliphatic rings. The van der Waals surface area contributed by atoms with E-state index in [0.29, 0.717) is 11.6 Å². The van der Waals surface area contributed by atoms with E-state index in [1.54, 1.807) is 24.3 Å². The van der Waals surface area contributed by atoms with Gasteiger partial charge in [0.15, 0.2) is 0 Å². The molecule has 1 atom stereocenters. The predicted octanol–water partition coefficient (Wildman–Crippen LogP) is 3.69. The summed E-state index contributed by atoms with van der Waals surface area (Å²) in [4.78, 5) is 14.4. The molecule has 4 heterocycles. The molecule has 2 aromatic carbocycles. The fourth-order valence-electron chi connectivity index (χ4n) is 5.14. The zero-order chi connectivity index (χ0) is 20.7. The molecule has 3 aliphatic heterocycles. The second kappa shape index (κ2) is 7.85. The fraction of sp³-hybridized carbons (Fsp3) is 0.375. The number of carbonyl (C=O) groups is 1. The first kappa shape index (κ1) is 19.3. The van der Waals surface area contributed by atoms with Gasteiger partial charge in [-0.25, -0.2) is 9.18 Å². The number of nitrogens with zero attached hydrogens (tertiary/aromatic N) is 2. The summed E-state index contributed by atoms with van der Waals surface area (Å²) < 4.78 is 15.4. The topological polar surface area (TPSA) is 57.5 Å². The van der Waals surface area contributed by atoms with E-state index in [2.05, 4.69) is 10.2 Å². The first-order valence-corrected chi connectivity index (χ1v) is 10.7. The number of rotatable bonds is 6. The van der Waals surface area contributed by atoms with E-state index in [9.17, 15) is 14.3 Å².